The number of rotatable bonds is 2. The molecule has 70 valence electrons. The Kier molecular flexibility index (Phi) is 1.92. The second-order valence-corrected chi connectivity index (χ2v) is 2.97. The number of hydrogen-bond acceptors (Lipinski definition) is 3. The summed E-state index contributed by atoms with van der Waals surface area (Å²) in [7, 11) is 0. The molecule has 1 N–H and O–H groups in total. The van der Waals surface area contributed by atoms with Gasteiger partial charge in [0.2, 0.25) is 5.88 Å². The quantitative estimate of drug-likeness (QED) is 0.714. The molecule has 1 aliphatic rings. The molecule has 13 heavy (non-hydrogen) atoms. The average Bonchev–Trinajstić information content (AvgIpc) is 2.44. The second-order valence-electron chi connectivity index (χ2n) is 2.97. The maximum Gasteiger partial charge on any atom is 0.309 e. The summed E-state index contributed by atoms with van der Waals surface area (Å²) in [6.07, 6.45) is 0.893. The van der Waals surface area contributed by atoms with Gasteiger partial charge >= 0.3 is 5.97 Å². The number of fused-ring (bicyclic) bond motifs is 1. The lowest BCUT2D eigenvalue weighted by Gasteiger charge is -2.13. The van der Waals surface area contributed by atoms with Crippen molar-refractivity contribution in [2.45, 2.75) is 19.4 Å². The highest BCUT2D eigenvalue weighted by Gasteiger charge is 2.14. The molecule has 1 aromatic heterocycles. The van der Waals surface area contributed by atoms with Gasteiger partial charge in [-0.2, -0.15) is 5.10 Å². The first-order chi connectivity index (χ1) is 6.25. The van der Waals surface area contributed by atoms with Crippen LogP contribution in [0.15, 0.2) is 6.07 Å². The van der Waals surface area contributed by atoms with Crippen LogP contribution in [0.1, 0.15) is 12.1 Å². The topological polar surface area (TPSA) is 64.3 Å². The summed E-state index contributed by atoms with van der Waals surface area (Å²) in [4.78, 5) is 10.4. The number of aliphatic carboxylic acids is 1. The van der Waals surface area contributed by atoms with E-state index in [-0.39, 0.29) is 6.42 Å². The highest BCUT2D eigenvalue weighted by Crippen LogP contribution is 2.18. The molecule has 0 bridgehead atoms. The summed E-state index contributed by atoms with van der Waals surface area (Å²) in [5.41, 5.74) is 0.560. The van der Waals surface area contributed by atoms with Crippen LogP contribution in [0.25, 0.3) is 0 Å². The first-order valence-corrected chi connectivity index (χ1v) is 4.17. The smallest absolute Gasteiger partial charge is 0.309 e. The molecule has 0 radical (unpaired) electrons. The predicted octanol–water partition coefficient (Wildman–Crippen LogP) is 0.293. The van der Waals surface area contributed by atoms with Crippen LogP contribution in [-0.4, -0.2) is 27.5 Å². The molecule has 5 heteroatoms. The van der Waals surface area contributed by atoms with E-state index in [9.17, 15) is 4.79 Å². The van der Waals surface area contributed by atoms with Gasteiger partial charge in [0.15, 0.2) is 0 Å². The van der Waals surface area contributed by atoms with Crippen molar-refractivity contribution in [3.8, 4) is 5.88 Å². The van der Waals surface area contributed by atoms with Crippen LogP contribution in [0.4, 0.5) is 0 Å². The lowest BCUT2D eigenvalue weighted by Crippen LogP contribution is -2.14. The third-order valence-corrected chi connectivity index (χ3v) is 1.89. The predicted molar refractivity (Wildman–Crippen MR) is 43.7 cm³/mol. The van der Waals surface area contributed by atoms with Gasteiger partial charge in [-0.25, -0.2) is 4.68 Å². The van der Waals surface area contributed by atoms with Gasteiger partial charge in [-0.15, -0.1) is 0 Å². The Bertz CT molecular complexity index is 309. The number of aryl methyl sites for hydroxylation is 1. The summed E-state index contributed by atoms with van der Waals surface area (Å²) in [6.45, 7) is 1.51. The number of nitrogens with zero attached hydrogens (tertiary/aromatic N) is 2. The van der Waals surface area contributed by atoms with Crippen LogP contribution < -0.4 is 4.74 Å². The average molecular weight is 182 g/mol. The zero-order valence-corrected chi connectivity index (χ0v) is 7.06. The van der Waals surface area contributed by atoms with Crippen molar-refractivity contribution in [3.05, 3.63) is 11.8 Å². The fraction of sp³-hybridized carbons (Fsp3) is 0.500. The van der Waals surface area contributed by atoms with E-state index in [1.807, 2.05) is 0 Å². The van der Waals surface area contributed by atoms with Gasteiger partial charge in [0, 0.05) is 19.0 Å². The molecular weight excluding hydrogens is 172 g/mol. The van der Waals surface area contributed by atoms with E-state index in [4.69, 9.17) is 9.84 Å². The minimum atomic E-state index is -0.865. The number of aromatic nitrogens is 2. The van der Waals surface area contributed by atoms with Crippen LogP contribution in [0.2, 0.25) is 0 Å². The lowest BCUT2D eigenvalue weighted by atomic mass is 10.3. The molecule has 0 fully saturated rings. The molecule has 1 aliphatic heterocycles. The van der Waals surface area contributed by atoms with Gasteiger partial charge in [0.05, 0.1) is 18.7 Å². The van der Waals surface area contributed by atoms with Gasteiger partial charge in [0.1, 0.15) is 0 Å². The molecule has 0 saturated carbocycles. The van der Waals surface area contributed by atoms with Gasteiger partial charge < -0.3 is 9.84 Å². The Morgan fingerprint density at radius 3 is 3.31 bits per heavy atom. The Labute approximate surface area is 74.9 Å². The zero-order chi connectivity index (χ0) is 9.26. The second kappa shape index (κ2) is 3.08. The molecule has 2 heterocycles. The first kappa shape index (κ1) is 8.10. The molecular formula is C8H10N2O3. The highest BCUT2D eigenvalue weighted by atomic mass is 16.5. The van der Waals surface area contributed by atoms with Crippen LogP contribution >= 0.6 is 0 Å². The maximum absolute atomic E-state index is 10.4. The first-order valence-electron chi connectivity index (χ1n) is 4.17. The monoisotopic (exact) mass is 182 g/mol. The Hall–Kier alpha value is -1.52. The fourth-order valence-electron chi connectivity index (χ4n) is 1.36. The van der Waals surface area contributed by atoms with E-state index >= 15 is 0 Å². The summed E-state index contributed by atoms with van der Waals surface area (Å²) in [6, 6.07) is 1.69. The van der Waals surface area contributed by atoms with Gasteiger partial charge in [-0.1, -0.05) is 0 Å². The van der Waals surface area contributed by atoms with Crippen LogP contribution in [-0.2, 0) is 17.8 Å². The Morgan fingerprint density at radius 1 is 1.77 bits per heavy atom. The van der Waals surface area contributed by atoms with Gasteiger partial charge in [0.25, 0.3) is 0 Å². The SMILES string of the molecule is O=C(O)Cc1cc2n(n1)CCCO2. The van der Waals surface area contributed by atoms with Crippen molar-refractivity contribution in [2.24, 2.45) is 0 Å². The van der Waals surface area contributed by atoms with Crippen molar-refractivity contribution in [2.75, 3.05) is 6.61 Å². The molecule has 0 amide bonds. The van der Waals surface area contributed by atoms with Crippen molar-refractivity contribution in [3.63, 3.8) is 0 Å². The van der Waals surface area contributed by atoms with Crippen molar-refractivity contribution in [1.82, 2.24) is 9.78 Å². The number of carboxylic acids is 1. The van der Waals surface area contributed by atoms with E-state index in [0.29, 0.717) is 18.2 Å². The van der Waals surface area contributed by atoms with E-state index in [2.05, 4.69) is 5.10 Å². The molecule has 0 spiro atoms. The maximum atomic E-state index is 10.4. The van der Waals surface area contributed by atoms with Crippen LogP contribution in [0, 0.1) is 0 Å². The Balaban J connectivity index is 2.20. The molecule has 0 unspecified atom stereocenters. The summed E-state index contributed by atoms with van der Waals surface area (Å²) in [5, 5.41) is 12.6. The third-order valence-electron chi connectivity index (χ3n) is 1.89. The van der Waals surface area contributed by atoms with Crippen molar-refractivity contribution >= 4 is 5.97 Å². The molecule has 5 nitrogen and oxygen atoms in total. The minimum Gasteiger partial charge on any atom is -0.481 e. The van der Waals surface area contributed by atoms with Crippen LogP contribution in [0.5, 0.6) is 5.88 Å². The number of carboxylic acid groups (broad SMARTS) is 1. The molecule has 0 saturated heterocycles. The highest BCUT2D eigenvalue weighted by molar-refractivity contribution is 5.69. The van der Waals surface area contributed by atoms with Crippen molar-refractivity contribution < 1.29 is 14.6 Å². The normalized spacial score (nSPS) is 14.8. The summed E-state index contributed by atoms with van der Waals surface area (Å²) >= 11 is 0. The van der Waals surface area contributed by atoms with E-state index in [1.54, 1.807) is 10.7 Å². The molecule has 1 aromatic rings. The Morgan fingerprint density at radius 2 is 2.62 bits per heavy atom. The summed E-state index contributed by atoms with van der Waals surface area (Å²) < 4.78 is 7.00. The van der Waals surface area contributed by atoms with E-state index in [1.165, 1.54) is 0 Å². The molecule has 0 atom stereocenters. The number of carbonyl (C=O) groups is 1. The molecule has 0 aliphatic carbocycles. The van der Waals surface area contributed by atoms with E-state index < -0.39 is 5.97 Å². The molecule has 0 aromatic carbocycles. The number of hydrogen-bond donors (Lipinski definition) is 1. The van der Waals surface area contributed by atoms with Gasteiger partial charge in [-0.05, 0) is 0 Å². The fourth-order valence-corrected chi connectivity index (χ4v) is 1.36. The minimum absolute atomic E-state index is 0.0383. The van der Waals surface area contributed by atoms with Gasteiger partial charge in [-0.3, -0.25) is 4.79 Å². The van der Waals surface area contributed by atoms with Crippen molar-refractivity contribution in [1.29, 1.82) is 0 Å². The summed E-state index contributed by atoms with van der Waals surface area (Å²) in [5.74, 6) is -0.182. The third kappa shape index (κ3) is 1.63. The number of ether oxygens (including phenoxy) is 1. The van der Waals surface area contributed by atoms with Crippen LogP contribution in [0.3, 0.4) is 0 Å². The van der Waals surface area contributed by atoms with E-state index in [0.717, 1.165) is 13.0 Å². The largest absolute Gasteiger partial charge is 0.481 e. The molecule has 2 rings (SSSR count). The zero-order valence-electron chi connectivity index (χ0n) is 7.06. The standard InChI is InChI=1S/C8H10N2O3/c11-8(12)5-6-4-7-10(9-6)2-1-3-13-7/h4H,1-3,5H2,(H,11,12). The lowest BCUT2D eigenvalue weighted by molar-refractivity contribution is -0.136.